The Morgan fingerprint density at radius 3 is 2.70 bits per heavy atom. The maximum atomic E-state index is 10.5. The van der Waals surface area contributed by atoms with E-state index in [2.05, 4.69) is 5.16 Å². The molecule has 0 saturated carbocycles. The number of rotatable bonds is 6. The summed E-state index contributed by atoms with van der Waals surface area (Å²) in [6.45, 7) is 3.07. The summed E-state index contributed by atoms with van der Waals surface area (Å²) in [4.78, 5) is 12.4. The zero-order valence-corrected chi connectivity index (χ0v) is 11.7. The smallest absolute Gasteiger partial charge is 0.304 e. The summed E-state index contributed by atoms with van der Waals surface area (Å²) in [6, 6.07) is 9.96. The molecule has 1 heterocycles. The molecule has 106 valence electrons. The summed E-state index contributed by atoms with van der Waals surface area (Å²) in [6.07, 6.45) is 0.120. The average Bonchev–Trinajstić information content (AvgIpc) is 2.85. The van der Waals surface area contributed by atoms with E-state index in [9.17, 15) is 4.79 Å². The van der Waals surface area contributed by atoms with Crippen molar-refractivity contribution in [2.45, 2.75) is 19.9 Å². The number of carbonyl (C=O) groups is 1. The lowest BCUT2D eigenvalue weighted by atomic mass is 10.1. The van der Waals surface area contributed by atoms with E-state index >= 15 is 0 Å². The second-order valence-corrected chi connectivity index (χ2v) is 4.93. The Morgan fingerprint density at radius 2 is 2.05 bits per heavy atom. The molecule has 0 atom stereocenters. The first kappa shape index (κ1) is 14.3. The van der Waals surface area contributed by atoms with Crippen LogP contribution in [0.4, 0.5) is 0 Å². The minimum absolute atomic E-state index is 0.120. The molecule has 0 fully saturated rings. The highest BCUT2D eigenvalue weighted by Crippen LogP contribution is 2.20. The molecule has 0 aliphatic heterocycles. The standard InChI is InChI=1S/C15H18N2O3/c1-11-3-5-12(6-4-11)14-9-13(20-16-14)10-17(2)8-7-15(18)19/h3-6,9H,7-8,10H2,1-2H3,(H,18,19). The minimum atomic E-state index is -0.797. The fourth-order valence-electron chi connectivity index (χ4n) is 1.88. The number of hydrogen-bond acceptors (Lipinski definition) is 4. The lowest BCUT2D eigenvalue weighted by Gasteiger charge is -2.12. The molecule has 0 aliphatic rings. The van der Waals surface area contributed by atoms with Gasteiger partial charge in [-0.1, -0.05) is 35.0 Å². The molecular weight excluding hydrogens is 256 g/mol. The van der Waals surface area contributed by atoms with Crippen molar-refractivity contribution in [3.63, 3.8) is 0 Å². The van der Waals surface area contributed by atoms with Gasteiger partial charge in [-0.2, -0.15) is 0 Å². The normalized spacial score (nSPS) is 10.9. The Bertz CT molecular complexity index is 575. The van der Waals surface area contributed by atoms with E-state index in [0.29, 0.717) is 13.1 Å². The Labute approximate surface area is 117 Å². The summed E-state index contributed by atoms with van der Waals surface area (Å²) < 4.78 is 5.29. The Kier molecular flexibility index (Phi) is 4.53. The number of aromatic nitrogens is 1. The van der Waals surface area contributed by atoms with Gasteiger partial charge in [-0.25, -0.2) is 0 Å². The molecule has 1 aromatic carbocycles. The lowest BCUT2D eigenvalue weighted by Crippen LogP contribution is -2.20. The number of carboxylic acids is 1. The van der Waals surface area contributed by atoms with E-state index in [-0.39, 0.29) is 6.42 Å². The van der Waals surface area contributed by atoms with Crippen LogP contribution in [0.2, 0.25) is 0 Å². The van der Waals surface area contributed by atoms with Crippen molar-refractivity contribution in [3.8, 4) is 11.3 Å². The first-order valence-electron chi connectivity index (χ1n) is 6.47. The van der Waals surface area contributed by atoms with Gasteiger partial charge in [0.25, 0.3) is 0 Å². The third-order valence-corrected chi connectivity index (χ3v) is 3.04. The average molecular weight is 274 g/mol. The molecule has 2 rings (SSSR count). The van der Waals surface area contributed by atoms with Crippen LogP contribution in [0.25, 0.3) is 11.3 Å². The van der Waals surface area contributed by atoms with Crippen LogP contribution in [-0.2, 0) is 11.3 Å². The first-order chi connectivity index (χ1) is 9.54. The number of carboxylic acid groups (broad SMARTS) is 1. The van der Waals surface area contributed by atoms with E-state index in [1.807, 2.05) is 49.2 Å². The molecule has 0 bridgehead atoms. The van der Waals surface area contributed by atoms with Gasteiger partial charge in [0, 0.05) is 18.2 Å². The second-order valence-electron chi connectivity index (χ2n) is 4.93. The van der Waals surface area contributed by atoms with Crippen LogP contribution in [0.5, 0.6) is 0 Å². The molecule has 20 heavy (non-hydrogen) atoms. The van der Waals surface area contributed by atoms with E-state index in [0.717, 1.165) is 17.0 Å². The Morgan fingerprint density at radius 1 is 1.35 bits per heavy atom. The molecule has 5 nitrogen and oxygen atoms in total. The van der Waals surface area contributed by atoms with Gasteiger partial charge >= 0.3 is 5.97 Å². The number of benzene rings is 1. The van der Waals surface area contributed by atoms with Crippen LogP contribution < -0.4 is 0 Å². The van der Waals surface area contributed by atoms with Crippen molar-refractivity contribution in [2.75, 3.05) is 13.6 Å². The number of aliphatic carboxylic acids is 1. The maximum Gasteiger partial charge on any atom is 0.304 e. The monoisotopic (exact) mass is 274 g/mol. The lowest BCUT2D eigenvalue weighted by molar-refractivity contribution is -0.137. The van der Waals surface area contributed by atoms with E-state index in [4.69, 9.17) is 9.63 Å². The van der Waals surface area contributed by atoms with Gasteiger partial charge in [-0.3, -0.25) is 9.69 Å². The number of aryl methyl sites for hydroxylation is 1. The van der Waals surface area contributed by atoms with Gasteiger partial charge in [-0.05, 0) is 14.0 Å². The van der Waals surface area contributed by atoms with Crippen LogP contribution in [0.1, 0.15) is 17.7 Å². The van der Waals surface area contributed by atoms with Gasteiger partial charge in [-0.15, -0.1) is 0 Å². The summed E-state index contributed by atoms with van der Waals surface area (Å²) in [5, 5.41) is 12.7. The van der Waals surface area contributed by atoms with Crippen molar-refractivity contribution in [1.29, 1.82) is 0 Å². The third kappa shape index (κ3) is 3.93. The van der Waals surface area contributed by atoms with Gasteiger partial charge in [0.2, 0.25) is 0 Å². The van der Waals surface area contributed by atoms with Crippen molar-refractivity contribution >= 4 is 5.97 Å². The van der Waals surface area contributed by atoms with Crippen molar-refractivity contribution in [3.05, 3.63) is 41.7 Å². The van der Waals surface area contributed by atoms with E-state index in [1.165, 1.54) is 5.56 Å². The van der Waals surface area contributed by atoms with Crippen molar-refractivity contribution in [2.24, 2.45) is 0 Å². The molecular formula is C15H18N2O3. The fraction of sp³-hybridized carbons (Fsp3) is 0.333. The first-order valence-corrected chi connectivity index (χ1v) is 6.47. The molecule has 0 saturated heterocycles. The SMILES string of the molecule is Cc1ccc(-c2cc(CN(C)CCC(=O)O)on2)cc1. The molecule has 5 heteroatoms. The zero-order valence-electron chi connectivity index (χ0n) is 11.7. The molecule has 0 unspecified atom stereocenters. The predicted octanol–water partition coefficient (Wildman–Crippen LogP) is 2.56. The van der Waals surface area contributed by atoms with Gasteiger partial charge in [0.15, 0.2) is 5.76 Å². The topological polar surface area (TPSA) is 66.6 Å². The second kappa shape index (κ2) is 6.34. The van der Waals surface area contributed by atoms with Crippen molar-refractivity contribution in [1.82, 2.24) is 10.1 Å². The minimum Gasteiger partial charge on any atom is -0.481 e. The van der Waals surface area contributed by atoms with Crippen LogP contribution in [0, 0.1) is 6.92 Å². The van der Waals surface area contributed by atoms with E-state index in [1.54, 1.807) is 0 Å². The highest BCUT2D eigenvalue weighted by atomic mass is 16.5. The predicted molar refractivity (Wildman–Crippen MR) is 75.3 cm³/mol. The van der Waals surface area contributed by atoms with Crippen molar-refractivity contribution < 1.29 is 14.4 Å². The molecule has 1 aromatic heterocycles. The summed E-state index contributed by atoms with van der Waals surface area (Å²) in [5.41, 5.74) is 3.01. The summed E-state index contributed by atoms with van der Waals surface area (Å²) in [7, 11) is 1.86. The zero-order chi connectivity index (χ0) is 14.5. The molecule has 0 radical (unpaired) electrons. The highest BCUT2D eigenvalue weighted by molar-refractivity contribution is 5.66. The van der Waals surface area contributed by atoms with Crippen LogP contribution in [0.3, 0.4) is 0 Å². The third-order valence-electron chi connectivity index (χ3n) is 3.04. The Hall–Kier alpha value is -2.14. The maximum absolute atomic E-state index is 10.5. The highest BCUT2D eigenvalue weighted by Gasteiger charge is 2.09. The van der Waals surface area contributed by atoms with Crippen LogP contribution >= 0.6 is 0 Å². The van der Waals surface area contributed by atoms with E-state index < -0.39 is 5.97 Å². The number of nitrogens with zero attached hydrogens (tertiary/aromatic N) is 2. The van der Waals surface area contributed by atoms with Gasteiger partial charge in [0.05, 0.1) is 13.0 Å². The number of hydrogen-bond donors (Lipinski definition) is 1. The van der Waals surface area contributed by atoms with Crippen LogP contribution in [0.15, 0.2) is 34.9 Å². The largest absolute Gasteiger partial charge is 0.481 e. The molecule has 0 spiro atoms. The van der Waals surface area contributed by atoms with Gasteiger partial charge in [0.1, 0.15) is 5.69 Å². The van der Waals surface area contributed by atoms with Crippen LogP contribution in [-0.4, -0.2) is 34.7 Å². The molecule has 0 aliphatic carbocycles. The summed E-state index contributed by atoms with van der Waals surface area (Å²) >= 11 is 0. The quantitative estimate of drug-likeness (QED) is 0.876. The molecule has 2 aromatic rings. The van der Waals surface area contributed by atoms with Gasteiger partial charge < -0.3 is 9.63 Å². The fourth-order valence-corrected chi connectivity index (χ4v) is 1.88. The molecule has 1 N–H and O–H groups in total. The summed E-state index contributed by atoms with van der Waals surface area (Å²) in [5.74, 6) is -0.0665. The molecule has 0 amide bonds. The Balaban J connectivity index is 1.98.